The Balaban J connectivity index is 1.02. The fraction of sp³-hybridized carbons (Fsp3) is 0.469. The van der Waals surface area contributed by atoms with Crippen LogP contribution in [0, 0.1) is 11.8 Å². The number of amides is 2. The standard InChI is InChI=1S/C49H62N3O9P/c1-29(2)62(31-21-15-13-16-22-31,32-23-17-14-18-24-32)28-20-12-10-8-6-7-9-11-19-25-35(53)51-34-27-26-33-30(3)36-38(43(55)37(33)42(34)54)46(58)49(61)40(44(36)56)41(52(4)5)45(57)39(47(49)59)48(50)60/h13-18,21-24,26-27,29-30,36,40-41,44,56,61H,6-12,19-20,25,28H2,1-5H3,(H5-,50,51,53,54,55,57,58,59,60)/p+1/t30-,36+,40+,41-,44-,49-/m0/s1. The number of anilines is 1. The molecule has 0 bridgehead atoms. The first-order valence-electron chi connectivity index (χ1n) is 22.0. The number of carbonyl (C=O) groups excluding carboxylic acids is 4. The number of primary amides is 1. The lowest BCUT2D eigenvalue weighted by molar-refractivity contribution is -0.169. The average molecular weight is 869 g/mol. The van der Waals surface area contributed by atoms with Gasteiger partial charge < -0.3 is 36.6 Å². The van der Waals surface area contributed by atoms with Gasteiger partial charge in [-0.2, -0.15) is 0 Å². The molecule has 0 spiro atoms. The number of nitrogens with zero attached hydrogens (tertiary/aromatic N) is 1. The first-order valence-corrected chi connectivity index (χ1v) is 24.0. The first kappa shape index (κ1) is 46.6. The number of benzene rings is 3. The van der Waals surface area contributed by atoms with Crippen LogP contribution in [-0.2, 0) is 19.2 Å². The van der Waals surface area contributed by atoms with Crippen LogP contribution in [0.15, 0.2) is 89.7 Å². The van der Waals surface area contributed by atoms with Gasteiger partial charge in [0, 0.05) is 17.9 Å². The number of Topliss-reactive ketones (excluding diaryl/α,β-unsaturated/α-hetero) is 2. The highest BCUT2D eigenvalue weighted by Crippen LogP contribution is 2.61. The molecule has 12 nitrogen and oxygen atoms in total. The molecule has 0 saturated heterocycles. The van der Waals surface area contributed by atoms with Crippen molar-refractivity contribution in [3.05, 3.63) is 101 Å². The third-order valence-corrected chi connectivity index (χ3v) is 18.9. The fourth-order valence-corrected chi connectivity index (χ4v) is 15.1. The monoisotopic (exact) mass is 868 g/mol. The number of carbonyl (C=O) groups is 4. The number of unbranched alkanes of at least 4 members (excludes halogenated alkanes) is 8. The Kier molecular flexibility index (Phi) is 14.5. The molecule has 0 aromatic heterocycles. The summed E-state index contributed by atoms with van der Waals surface area (Å²) in [6.07, 6.45) is 9.28. The zero-order valence-electron chi connectivity index (χ0n) is 36.5. The predicted octanol–water partition coefficient (Wildman–Crippen LogP) is 6.41. The molecule has 62 heavy (non-hydrogen) atoms. The van der Waals surface area contributed by atoms with Gasteiger partial charge in [-0.05, 0) is 89.0 Å². The van der Waals surface area contributed by atoms with Gasteiger partial charge in [0.15, 0.2) is 11.4 Å². The van der Waals surface area contributed by atoms with Crippen molar-refractivity contribution in [2.45, 2.75) is 114 Å². The first-order chi connectivity index (χ1) is 29.5. The van der Waals surface area contributed by atoms with Crippen molar-refractivity contribution in [1.82, 2.24) is 4.90 Å². The second-order valence-electron chi connectivity index (χ2n) is 17.8. The lowest BCUT2D eigenvalue weighted by Gasteiger charge is -2.53. The third kappa shape index (κ3) is 8.34. The number of phenolic OH excluding ortho intramolecular Hbond substituents is 1. The Morgan fingerprint density at radius 2 is 1.35 bits per heavy atom. The maximum absolute atomic E-state index is 14.3. The van der Waals surface area contributed by atoms with E-state index in [1.54, 1.807) is 13.0 Å². The minimum atomic E-state index is -3.00. The van der Waals surface area contributed by atoms with Crippen LogP contribution < -0.4 is 21.7 Å². The van der Waals surface area contributed by atoms with E-state index in [0.717, 1.165) is 25.7 Å². The van der Waals surface area contributed by atoms with E-state index in [2.05, 4.69) is 79.8 Å². The molecule has 3 aliphatic carbocycles. The van der Waals surface area contributed by atoms with Crippen LogP contribution in [0.5, 0.6) is 5.75 Å². The molecule has 3 aliphatic rings. The molecule has 13 heteroatoms. The van der Waals surface area contributed by atoms with E-state index in [4.69, 9.17) is 5.73 Å². The van der Waals surface area contributed by atoms with E-state index in [1.807, 2.05) is 0 Å². The number of rotatable bonds is 18. The molecular formula is C49H63N3O9P+. The van der Waals surface area contributed by atoms with Gasteiger partial charge in [-0.1, -0.05) is 87.9 Å². The maximum atomic E-state index is 14.3. The topological polar surface area (TPSA) is 211 Å². The van der Waals surface area contributed by atoms with E-state index < -0.39 is 88.7 Å². The number of ketones is 2. The molecule has 0 unspecified atom stereocenters. The molecule has 3 aromatic rings. The number of hydrogen-bond acceptors (Lipinski definition) is 10. The van der Waals surface area contributed by atoms with Crippen molar-refractivity contribution in [2.75, 3.05) is 25.6 Å². The molecule has 0 heterocycles. The van der Waals surface area contributed by atoms with Crippen molar-refractivity contribution in [3.8, 4) is 5.75 Å². The van der Waals surface area contributed by atoms with Gasteiger partial charge in [-0.25, -0.2) is 0 Å². The van der Waals surface area contributed by atoms with Crippen molar-refractivity contribution in [3.63, 3.8) is 0 Å². The van der Waals surface area contributed by atoms with Crippen molar-refractivity contribution in [2.24, 2.45) is 17.6 Å². The average Bonchev–Trinajstić information content (AvgIpc) is 3.23. The van der Waals surface area contributed by atoms with E-state index in [1.165, 1.54) is 67.5 Å². The molecule has 2 amide bonds. The number of fused-ring (bicyclic) bond motifs is 3. The zero-order valence-corrected chi connectivity index (χ0v) is 37.4. The summed E-state index contributed by atoms with van der Waals surface area (Å²) in [5.41, 5.74) is 1.68. The van der Waals surface area contributed by atoms with Crippen LogP contribution >= 0.6 is 7.26 Å². The lowest BCUT2D eigenvalue weighted by Crippen LogP contribution is -2.70. The van der Waals surface area contributed by atoms with E-state index in [-0.39, 0.29) is 23.6 Å². The Morgan fingerprint density at radius 3 is 1.87 bits per heavy atom. The minimum absolute atomic E-state index is 0.00180. The summed E-state index contributed by atoms with van der Waals surface area (Å²) >= 11 is 0. The number of aromatic hydroxyl groups is 1. The molecular weight excluding hydrogens is 806 g/mol. The molecule has 0 radical (unpaired) electrons. The Bertz CT molecular complexity index is 2180. The normalized spacial score (nSPS) is 23.7. The number of hydrogen-bond donors (Lipinski definition) is 7. The number of nitrogens with one attached hydrogen (secondary N) is 1. The van der Waals surface area contributed by atoms with E-state index in [9.17, 15) is 44.7 Å². The number of likely N-dealkylation sites (N-methyl/N-ethyl adjacent to an activating group) is 1. The zero-order chi connectivity index (χ0) is 45.1. The van der Waals surface area contributed by atoms with Gasteiger partial charge in [0.05, 0.1) is 59.0 Å². The van der Waals surface area contributed by atoms with Crippen LogP contribution in [0.3, 0.4) is 0 Å². The highest BCUT2D eigenvalue weighted by Gasteiger charge is 2.68. The summed E-state index contributed by atoms with van der Waals surface area (Å²) in [6.45, 7) is 6.41. The van der Waals surface area contributed by atoms with E-state index >= 15 is 0 Å². The maximum Gasteiger partial charge on any atom is 0.255 e. The number of nitrogens with two attached hydrogens (primary N) is 1. The van der Waals surface area contributed by atoms with Gasteiger partial charge in [0.2, 0.25) is 11.7 Å². The van der Waals surface area contributed by atoms with Crippen molar-refractivity contribution >= 4 is 52.7 Å². The van der Waals surface area contributed by atoms with Gasteiger partial charge in [-0.3, -0.25) is 24.1 Å². The summed E-state index contributed by atoms with van der Waals surface area (Å²) in [5.74, 6) is -10.0. The quantitative estimate of drug-likeness (QED) is 0.0323. The molecule has 3 aromatic carbocycles. The van der Waals surface area contributed by atoms with Crippen LogP contribution in [0.25, 0.3) is 5.76 Å². The summed E-state index contributed by atoms with van der Waals surface area (Å²) in [5, 5.41) is 63.6. The molecule has 0 aliphatic heterocycles. The highest BCUT2D eigenvalue weighted by molar-refractivity contribution is 7.90. The third-order valence-electron chi connectivity index (χ3n) is 13.6. The molecule has 6 atom stereocenters. The van der Waals surface area contributed by atoms with Gasteiger partial charge >= 0.3 is 0 Å². The highest BCUT2D eigenvalue weighted by atomic mass is 31.2. The van der Waals surface area contributed by atoms with Crippen LogP contribution in [0.1, 0.15) is 102 Å². The summed E-state index contributed by atoms with van der Waals surface area (Å²) in [7, 11) is 1.37. The smallest absolute Gasteiger partial charge is 0.255 e. The summed E-state index contributed by atoms with van der Waals surface area (Å²) in [4.78, 5) is 54.3. The predicted molar refractivity (Wildman–Crippen MR) is 244 cm³/mol. The van der Waals surface area contributed by atoms with Gasteiger partial charge in [0.25, 0.3) is 5.91 Å². The molecule has 1 fully saturated rings. The Morgan fingerprint density at radius 1 is 0.823 bits per heavy atom. The minimum Gasteiger partial charge on any atom is -0.508 e. The number of aliphatic hydroxyl groups excluding tert-OH is 3. The van der Waals surface area contributed by atoms with E-state index in [0.29, 0.717) is 17.6 Å². The molecule has 6 rings (SSSR count). The van der Waals surface area contributed by atoms with Crippen LogP contribution in [0.4, 0.5) is 5.69 Å². The van der Waals surface area contributed by atoms with Crippen molar-refractivity contribution in [1.29, 1.82) is 0 Å². The second kappa shape index (κ2) is 19.3. The lowest BCUT2D eigenvalue weighted by atomic mass is 9.54. The Hall–Kier alpha value is -4.87. The van der Waals surface area contributed by atoms with Crippen molar-refractivity contribution < 1.29 is 44.7 Å². The largest absolute Gasteiger partial charge is 0.508 e. The molecule has 1 saturated carbocycles. The summed E-state index contributed by atoms with van der Waals surface area (Å²) < 4.78 is 0. The van der Waals surface area contributed by atoms with Crippen LogP contribution in [-0.4, -0.2) is 97.5 Å². The molecule has 8 N–H and O–H groups in total. The van der Waals surface area contributed by atoms with Crippen LogP contribution in [0.2, 0.25) is 0 Å². The SMILES string of the molecule is CC(C)[P+](CCCCCCCCCCCC(=O)Nc1ccc2c(c1O)C(O)=C1C(=O)[C@]3(O)C(O)=C(C(N)=O)C(=O)[C@@H](N(C)C)[C@@H]3[C@@H](O)[C@@H]1[C@H]2C)(c1ccccc1)c1ccccc1. The number of aliphatic hydroxyl groups is 4. The fourth-order valence-electron chi connectivity index (χ4n) is 10.5. The number of phenols is 1. The van der Waals surface area contributed by atoms with Gasteiger partial charge in [0.1, 0.15) is 22.8 Å². The molecule has 332 valence electrons. The summed E-state index contributed by atoms with van der Waals surface area (Å²) in [6, 6.07) is 23.8. The Labute approximate surface area is 365 Å². The van der Waals surface area contributed by atoms with Gasteiger partial charge in [-0.15, -0.1) is 0 Å². The second-order valence-corrected chi connectivity index (χ2v) is 22.1.